The number of carbonyl (C=O) groups excluding carboxylic acids is 1. The lowest BCUT2D eigenvalue weighted by atomic mass is 9.73. The summed E-state index contributed by atoms with van der Waals surface area (Å²) in [6.07, 6.45) is 8.25. The number of rotatable bonds is 2. The fraction of sp³-hybridized carbons (Fsp3) is 0.696. The molecule has 2 saturated carbocycles. The van der Waals surface area contributed by atoms with Crippen LogP contribution in [0, 0.1) is 18.8 Å². The summed E-state index contributed by atoms with van der Waals surface area (Å²) < 4.78 is 0. The maximum Gasteiger partial charge on any atom is 0.321 e. The van der Waals surface area contributed by atoms with Crippen molar-refractivity contribution in [2.24, 2.45) is 11.8 Å². The molecule has 1 saturated heterocycles. The van der Waals surface area contributed by atoms with Crippen LogP contribution in [0.25, 0.3) is 0 Å². The molecule has 2 heterocycles. The van der Waals surface area contributed by atoms with E-state index in [-0.39, 0.29) is 11.4 Å². The summed E-state index contributed by atoms with van der Waals surface area (Å²) in [5.74, 6) is 1.98. The van der Waals surface area contributed by atoms with E-state index in [0.29, 0.717) is 6.54 Å². The molecule has 2 bridgehead atoms. The second-order valence-corrected chi connectivity index (χ2v) is 9.50. The van der Waals surface area contributed by atoms with Gasteiger partial charge in [0.25, 0.3) is 0 Å². The van der Waals surface area contributed by atoms with Crippen LogP contribution >= 0.6 is 0 Å². The second kappa shape index (κ2) is 6.51. The van der Waals surface area contributed by atoms with Gasteiger partial charge < -0.3 is 10.2 Å². The molecule has 4 aliphatic rings. The quantitative estimate of drug-likeness (QED) is 0.855. The maximum absolute atomic E-state index is 12.7. The molecule has 3 atom stereocenters. The average Bonchev–Trinajstić information content (AvgIpc) is 3.37. The van der Waals surface area contributed by atoms with Gasteiger partial charge in [-0.1, -0.05) is 24.1 Å². The van der Waals surface area contributed by atoms with Gasteiger partial charge in [0, 0.05) is 30.2 Å². The smallest absolute Gasteiger partial charge is 0.321 e. The minimum Gasteiger partial charge on any atom is -0.338 e. The number of nitrogens with one attached hydrogen (secondary N) is 1. The number of hydrogen-bond acceptors (Lipinski definition) is 2. The first-order valence-corrected chi connectivity index (χ1v) is 11.0. The summed E-state index contributed by atoms with van der Waals surface area (Å²) in [5.41, 5.74) is 4.02. The third-order valence-electron chi connectivity index (χ3n) is 7.97. The number of likely N-dealkylation sites (tertiary alicyclic amines) is 1. The number of benzene rings is 1. The van der Waals surface area contributed by atoms with Gasteiger partial charge >= 0.3 is 6.03 Å². The van der Waals surface area contributed by atoms with Crippen molar-refractivity contribution in [1.29, 1.82) is 0 Å². The van der Waals surface area contributed by atoms with Gasteiger partial charge in [-0.05, 0) is 82.5 Å². The molecule has 1 aromatic carbocycles. The van der Waals surface area contributed by atoms with Crippen molar-refractivity contribution in [2.75, 3.05) is 31.1 Å². The molecule has 0 radical (unpaired) electrons. The Hall–Kier alpha value is -1.55. The highest BCUT2D eigenvalue weighted by Gasteiger charge is 2.49. The van der Waals surface area contributed by atoms with Crippen LogP contribution in [0.2, 0.25) is 0 Å². The first kappa shape index (κ1) is 17.5. The Morgan fingerprint density at radius 3 is 2.70 bits per heavy atom. The number of nitrogens with zero attached hydrogens (tertiary/aromatic N) is 2. The molecule has 1 N–H and O–H groups in total. The summed E-state index contributed by atoms with van der Waals surface area (Å²) in [7, 11) is 0. The van der Waals surface area contributed by atoms with E-state index in [2.05, 4.69) is 35.3 Å². The van der Waals surface area contributed by atoms with Gasteiger partial charge in [0.05, 0.1) is 0 Å². The zero-order chi connectivity index (χ0) is 18.6. The van der Waals surface area contributed by atoms with Crippen LogP contribution in [0.1, 0.15) is 56.6 Å². The van der Waals surface area contributed by atoms with Crippen molar-refractivity contribution in [2.45, 2.75) is 63.8 Å². The van der Waals surface area contributed by atoms with E-state index in [1.165, 1.54) is 62.7 Å². The van der Waals surface area contributed by atoms with E-state index in [1.807, 2.05) is 11.8 Å². The van der Waals surface area contributed by atoms with Gasteiger partial charge in [-0.25, -0.2) is 4.79 Å². The minimum absolute atomic E-state index is 0.0648. The lowest BCUT2D eigenvalue weighted by Crippen LogP contribution is -2.51. The third kappa shape index (κ3) is 2.79. The van der Waals surface area contributed by atoms with Crippen molar-refractivity contribution in [1.82, 2.24) is 10.2 Å². The lowest BCUT2D eigenvalue weighted by Gasteiger charge is -2.44. The molecule has 0 aromatic heterocycles. The SMILES string of the molecule is CCNC(=O)N1CC2(CCN([C@@H]3CC4CCC3C4)CC2)c2cc(C)ccc21. The minimum atomic E-state index is 0.0648. The Balaban J connectivity index is 1.37. The molecule has 2 aliphatic carbocycles. The predicted molar refractivity (Wildman–Crippen MR) is 109 cm³/mol. The van der Waals surface area contributed by atoms with E-state index < -0.39 is 0 Å². The standard InChI is InChI=1S/C23H33N3O/c1-3-24-22(27)26-15-23(19-12-16(2)4-7-20(19)26)8-10-25(11-9-23)21-14-17-5-6-18(21)13-17/h4,7,12,17-18,21H,3,5-6,8-11,13-15H2,1-2H3,(H,24,27)/t17?,18?,21-/m1/s1. The fourth-order valence-corrected chi connectivity index (χ4v) is 6.58. The summed E-state index contributed by atoms with van der Waals surface area (Å²) in [4.78, 5) is 17.5. The van der Waals surface area contributed by atoms with E-state index in [1.54, 1.807) is 0 Å². The van der Waals surface area contributed by atoms with Crippen LogP contribution in [-0.4, -0.2) is 43.2 Å². The number of aryl methyl sites for hydroxylation is 1. The Bertz CT molecular complexity index is 737. The molecule has 2 aliphatic heterocycles. The van der Waals surface area contributed by atoms with Crippen LogP contribution in [0.15, 0.2) is 18.2 Å². The van der Waals surface area contributed by atoms with Gasteiger partial charge in [0.2, 0.25) is 0 Å². The number of carbonyl (C=O) groups is 1. The number of hydrogen-bond donors (Lipinski definition) is 1. The van der Waals surface area contributed by atoms with Crippen molar-refractivity contribution in [3.05, 3.63) is 29.3 Å². The molecule has 1 spiro atoms. The third-order valence-corrected chi connectivity index (χ3v) is 7.97. The molecule has 2 unspecified atom stereocenters. The predicted octanol–water partition coefficient (Wildman–Crippen LogP) is 4.07. The second-order valence-electron chi connectivity index (χ2n) is 9.50. The molecule has 2 amide bonds. The molecule has 3 fully saturated rings. The number of urea groups is 1. The lowest BCUT2D eigenvalue weighted by molar-refractivity contribution is 0.0877. The van der Waals surface area contributed by atoms with Crippen LogP contribution in [-0.2, 0) is 5.41 Å². The number of amides is 2. The van der Waals surface area contributed by atoms with E-state index in [0.717, 1.165) is 30.1 Å². The Kier molecular flexibility index (Phi) is 4.23. The number of anilines is 1. The van der Waals surface area contributed by atoms with Crippen molar-refractivity contribution in [3.63, 3.8) is 0 Å². The molecule has 5 rings (SSSR count). The summed E-state index contributed by atoms with van der Waals surface area (Å²) >= 11 is 0. The summed E-state index contributed by atoms with van der Waals surface area (Å²) in [6, 6.07) is 7.57. The van der Waals surface area contributed by atoms with E-state index in [4.69, 9.17) is 0 Å². The highest BCUT2D eigenvalue weighted by molar-refractivity contribution is 5.95. The van der Waals surface area contributed by atoms with Crippen molar-refractivity contribution < 1.29 is 4.79 Å². The molecule has 4 nitrogen and oxygen atoms in total. The molecule has 1 aromatic rings. The topological polar surface area (TPSA) is 35.6 Å². The molecular formula is C23H33N3O. The van der Waals surface area contributed by atoms with Crippen molar-refractivity contribution in [3.8, 4) is 0 Å². The van der Waals surface area contributed by atoms with E-state index >= 15 is 0 Å². The Morgan fingerprint density at radius 1 is 1.22 bits per heavy atom. The molecular weight excluding hydrogens is 334 g/mol. The van der Waals surface area contributed by atoms with Crippen LogP contribution in [0.3, 0.4) is 0 Å². The first-order valence-electron chi connectivity index (χ1n) is 11.0. The van der Waals surface area contributed by atoms with Gasteiger partial charge in [0.15, 0.2) is 0 Å². The zero-order valence-electron chi connectivity index (χ0n) is 16.8. The number of piperidine rings is 1. The maximum atomic E-state index is 12.7. The Labute approximate surface area is 163 Å². The highest BCUT2D eigenvalue weighted by atomic mass is 16.2. The van der Waals surface area contributed by atoms with Gasteiger partial charge in [-0.2, -0.15) is 0 Å². The van der Waals surface area contributed by atoms with Gasteiger partial charge in [-0.3, -0.25) is 4.90 Å². The molecule has 4 heteroatoms. The monoisotopic (exact) mass is 367 g/mol. The van der Waals surface area contributed by atoms with Gasteiger partial charge in [-0.15, -0.1) is 0 Å². The van der Waals surface area contributed by atoms with Crippen molar-refractivity contribution >= 4 is 11.7 Å². The van der Waals surface area contributed by atoms with Crippen LogP contribution < -0.4 is 10.2 Å². The molecule has 27 heavy (non-hydrogen) atoms. The highest BCUT2D eigenvalue weighted by Crippen LogP contribution is 2.51. The summed E-state index contributed by atoms with van der Waals surface area (Å²) in [5, 5.41) is 3.01. The van der Waals surface area contributed by atoms with E-state index in [9.17, 15) is 4.79 Å². The zero-order valence-corrected chi connectivity index (χ0v) is 16.8. The normalized spacial score (nSPS) is 31.5. The first-order chi connectivity index (χ1) is 13.1. The average molecular weight is 368 g/mol. The number of fused-ring (bicyclic) bond motifs is 4. The van der Waals surface area contributed by atoms with Crippen LogP contribution in [0.4, 0.5) is 10.5 Å². The molecule has 146 valence electrons. The fourth-order valence-electron chi connectivity index (χ4n) is 6.58. The largest absolute Gasteiger partial charge is 0.338 e. The Morgan fingerprint density at radius 2 is 2.04 bits per heavy atom. The van der Waals surface area contributed by atoms with Gasteiger partial charge in [0.1, 0.15) is 0 Å². The summed E-state index contributed by atoms with van der Waals surface area (Å²) in [6.45, 7) is 8.10. The van der Waals surface area contributed by atoms with Crippen LogP contribution in [0.5, 0.6) is 0 Å².